The molecule has 2 aromatic carbocycles. The number of hydrogen-bond donors (Lipinski definition) is 3. The molecule has 110 valence electrons. The Morgan fingerprint density at radius 3 is 2.48 bits per heavy atom. The number of nitrogens with one attached hydrogen (secondary N) is 1. The number of hydrogen-bond acceptors (Lipinski definition) is 3. The third-order valence-electron chi connectivity index (χ3n) is 2.77. The van der Waals surface area contributed by atoms with Gasteiger partial charge < -0.3 is 16.2 Å². The maximum atomic E-state index is 12.6. The second kappa shape index (κ2) is 5.35. The molecule has 0 heterocycles. The minimum atomic E-state index is -4.45. The first-order chi connectivity index (χ1) is 9.77. The molecule has 0 atom stereocenters. The highest BCUT2D eigenvalue weighted by Gasteiger charge is 2.30. The molecule has 0 aliphatic rings. The van der Waals surface area contributed by atoms with Crippen molar-refractivity contribution in [3.05, 3.63) is 53.6 Å². The van der Waals surface area contributed by atoms with Crippen LogP contribution in [0.2, 0.25) is 0 Å². The highest BCUT2D eigenvalue weighted by Crippen LogP contribution is 2.32. The molecule has 0 unspecified atom stereocenters. The predicted molar refractivity (Wildman–Crippen MR) is 72.5 cm³/mol. The summed E-state index contributed by atoms with van der Waals surface area (Å²) in [6.45, 7) is 0. The molecular formula is C14H11F3N2O2. The highest BCUT2D eigenvalue weighted by atomic mass is 19.4. The van der Waals surface area contributed by atoms with Gasteiger partial charge in [-0.05, 0) is 36.4 Å². The Balaban J connectivity index is 2.34. The molecule has 0 saturated heterocycles. The lowest BCUT2D eigenvalue weighted by atomic mass is 10.1. The van der Waals surface area contributed by atoms with Crippen molar-refractivity contribution < 1.29 is 23.1 Å². The maximum Gasteiger partial charge on any atom is 0.416 e. The number of alkyl halides is 3. The Bertz CT molecular complexity index is 684. The van der Waals surface area contributed by atoms with E-state index in [4.69, 9.17) is 10.8 Å². The van der Waals surface area contributed by atoms with Gasteiger partial charge in [0.1, 0.15) is 0 Å². The average molecular weight is 296 g/mol. The number of halogens is 3. The first kappa shape index (κ1) is 14.7. The van der Waals surface area contributed by atoms with Crippen LogP contribution in [-0.2, 0) is 6.18 Å². The van der Waals surface area contributed by atoms with Gasteiger partial charge in [0.05, 0.1) is 22.5 Å². The Morgan fingerprint density at radius 2 is 1.86 bits per heavy atom. The fraction of sp³-hybridized carbons (Fsp3) is 0.0714. The molecule has 7 heteroatoms. The minimum Gasteiger partial charge on any atom is -0.478 e. The van der Waals surface area contributed by atoms with E-state index in [1.54, 1.807) is 0 Å². The van der Waals surface area contributed by atoms with Crippen LogP contribution in [0.5, 0.6) is 0 Å². The van der Waals surface area contributed by atoms with Crippen molar-refractivity contribution in [1.29, 1.82) is 0 Å². The van der Waals surface area contributed by atoms with E-state index >= 15 is 0 Å². The Kier molecular flexibility index (Phi) is 3.75. The molecule has 21 heavy (non-hydrogen) atoms. The fourth-order valence-corrected chi connectivity index (χ4v) is 1.73. The summed E-state index contributed by atoms with van der Waals surface area (Å²) in [5.41, 5.74) is 5.49. The molecule has 0 aromatic heterocycles. The fourth-order valence-electron chi connectivity index (χ4n) is 1.73. The topological polar surface area (TPSA) is 75.4 Å². The van der Waals surface area contributed by atoms with Crippen LogP contribution in [0.4, 0.5) is 30.2 Å². The zero-order valence-electron chi connectivity index (χ0n) is 10.6. The van der Waals surface area contributed by atoms with E-state index in [0.717, 1.165) is 12.1 Å². The lowest BCUT2D eigenvalue weighted by Crippen LogP contribution is -2.06. The first-order valence-electron chi connectivity index (χ1n) is 5.84. The number of anilines is 3. The molecule has 0 radical (unpaired) electrons. The van der Waals surface area contributed by atoms with Gasteiger partial charge in [-0.25, -0.2) is 4.79 Å². The van der Waals surface area contributed by atoms with Gasteiger partial charge in [-0.15, -0.1) is 0 Å². The van der Waals surface area contributed by atoms with Crippen molar-refractivity contribution in [2.24, 2.45) is 0 Å². The van der Waals surface area contributed by atoms with E-state index in [0.29, 0.717) is 0 Å². The number of benzene rings is 2. The third kappa shape index (κ3) is 3.44. The van der Waals surface area contributed by atoms with Gasteiger partial charge in [0.2, 0.25) is 0 Å². The van der Waals surface area contributed by atoms with Crippen LogP contribution < -0.4 is 11.1 Å². The van der Waals surface area contributed by atoms with E-state index in [-0.39, 0.29) is 22.6 Å². The first-order valence-corrected chi connectivity index (χ1v) is 5.84. The number of carboxylic acids is 1. The van der Waals surface area contributed by atoms with Crippen LogP contribution in [-0.4, -0.2) is 11.1 Å². The molecule has 0 spiro atoms. The average Bonchev–Trinajstić information content (AvgIpc) is 2.40. The quantitative estimate of drug-likeness (QED) is 0.754. The summed E-state index contributed by atoms with van der Waals surface area (Å²) in [6.07, 6.45) is -4.45. The zero-order valence-corrected chi connectivity index (χ0v) is 10.6. The molecule has 4 nitrogen and oxygen atoms in total. The van der Waals surface area contributed by atoms with E-state index in [1.807, 2.05) is 0 Å². The molecular weight excluding hydrogens is 285 g/mol. The van der Waals surface area contributed by atoms with Crippen molar-refractivity contribution in [1.82, 2.24) is 0 Å². The molecule has 0 fully saturated rings. The van der Waals surface area contributed by atoms with Crippen LogP contribution in [0.1, 0.15) is 15.9 Å². The number of nitrogens with two attached hydrogens (primary N) is 1. The Hall–Kier alpha value is -2.70. The van der Waals surface area contributed by atoms with E-state index in [2.05, 4.69) is 5.32 Å². The van der Waals surface area contributed by atoms with Crippen LogP contribution >= 0.6 is 0 Å². The summed E-state index contributed by atoms with van der Waals surface area (Å²) in [5.74, 6) is -1.15. The highest BCUT2D eigenvalue weighted by molar-refractivity contribution is 5.91. The van der Waals surface area contributed by atoms with Crippen LogP contribution in [0, 0.1) is 0 Å². The molecule has 0 saturated carbocycles. The van der Waals surface area contributed by atoms with E-state index in [1.165, 1.54) is 30.3 Å². The smallest absolute Gasteiger partial charge is 0.416 e. The SMILES string of the molecule is Nc1ccc(C(=O)O)cc1Nc1cccc(C(F)(F)F)c1. The number of nitrogen functional groups attached to an aromatic ring is 1. The van der Waals surface area contributed by atoms with Gasteiger partial charge in [0, 0.05) is 5.69 Å². The molecule has 0 aliphatic heterocycles. The van der Waals surface area contributed by atoms with E-state index in [9.17, 15) is 18.0 Å². The molecule has 4 N–H and O–H groups in total. The van der Waals surface area contributed by atoms with Gasteiger partial charge in [-0.3, -0.25) is 0 Å². The summed E-state index contributed by atoms with van der Waals surface area (Å²) in [6, 6.07) is 8.51. The predicted octanol–water partition coefficient (Wildman–Crippen LogP) is 3.73. The number of aromatic carboxylic acids is 1. The third-order valence-corrected chi connectivity index (χ3v) is 2.77. The summed E-state index contributed by atoms with van der Waals surface area (Å²) >= 11 is 0. The van der Waals surface area contributed by atoms with Gasteiger partial charge in [-0.2, -0.15) is 13.2 Å². The van der Waals surface area contributed by atoms with Crippen molar-refractivity contribution in [2.75, 3.05) is 11.1 Å². The van der Waals surface area contributed by atoms with Crippen LogP contribution in [0.25, 0.3) is 0 Å². The van der Waals surface area contributed by atoms with Crippen molar-refractivity contribution in [3.63, 3.8) is 0 Å². The van der Waals surface area contributed by atoms with Crippen molar-refractivity contribution in [2.45, 2.75) is 6.18 Å². The van der Waals surface area contributed by atoms with Gasteiger partial charge >= 0.3 is 12.1 Å². The Morgan fingerprint density at radius 1 is 1.14 bits per heavy atom. The molecule has 2 aromatic rings. The second-order valence-electron chi connectivity index (χ2n) is 4.31. The van der Waals surface area contributed by atoms with Crippen molar-refractivity contribution >= 4 is 23.0 Å². The monoisotopic (exact) mass is 296 g/mol. The molecule has 2 rings (SSSR count). The maximum absolute atomic E-state index is 12.6. The number of carbonyl (C=O) groups is 1. The number of carboxylic acid groups (broad SMARTS) is 1. The van der Waals surface area contributed by atoms with Crippen LogP contribution in [0.15, 0.2) is 42.5 Å². The number of rotatable bonds is 3. The zero-order chi connectivity index (χ0) is 15.6. The van der Waals surface area contributed by atoms with Crippen molar-refractivity contribution in [3.8, 4) is 0 Å². The Labute approximate surface area is 118 Å². The minimum absolute atomic E-state index is 0.0151. The standard InChI is InChI=1S/C14H11F3N2O2/c15-14(16,17)9-2-1-3-10(7-9)19-12-6-8(13(20)21)4-5-11(12)18/h1-7,19H,18H2,(H,20,21). The molecule has 0 bridgehead atoms. The largest absolute Gasteiger partial charge is 0.478 e. The summed E-state index contributed by atoms with van der Waals surface area (Å²) in [7, 11) is 0. The van der Waals surface area contributed by atoms with Gasteiger partial charge in [0.25, 0.3) is 0 Å². The van der Waals surface area contributed by atoms with Gasteiger partial charge in [-0.1, -0.05) is 6.07 Å². The summed E-state index contributed by atoms with van der Waals surface area (Å²) in [4.78, 5) is 10.9. The summed E-state index contributed by atoms with van der Waals surface area (Å²) < 4.78 is 37.9. The van der Waals surface area contributed by atoms with E-state index < -0.39 is 17.7 Å². The van der Waals surface area contributed by atoms with Crippen LogP contribution in [0.3, 0.4) is 0 Å². The second-order valence-corrected chi connectivity index (χ2v) is 4.31. The lowest BCUT2D eigenvalue weighted by molar-refractivity contribution is -0.137. The summed E-state index contributed by atoms with van der Waals surface area (Å²) in [5, 5.41) is 11.6. The van der Waals surface area contributed by atoms with Gasteiger partial charge in [0.15, 0.2) is 0 Å². The normalized spacial score (nSPS) is 11.2. The molecule has 0 amide bonds. The molecule has 0 aliphatic carbocycles. The lowest BCUT2D eigenvalue weighted by Gasteiger charge is -2.12.